The van der Waals surface area contributed by atoms with E-state index in [9.17, 15) is 22.8 Å². The first kappa shape index (κ1) is 12.0. The molecule has 7 heteroatoms. The second kappa shape index (κ2) is 3.63. The minimum Gasteiger partial charge on any atom is -0.456 e. The van der Waals surface area contributed by atoms with E-state index in [1.807, 2.05) is 0 Å². The number of benzene rings is 2. The highest BCUT2D eigenvalue weighted by Crippen LogP contribution is 2.38. The Balaban J connectivity index is 1.92. The Bertz CT molecular complexity index is 886. The lowest BCUT2D eigenvalue weighted by atomic mass is 10.1. The van der Waals surface area contributed by atoms with Crippen LogP contribution in [0.15, 0.2) is 28.7 Å². The van der Waals surface area contributed by atoms with Gasteiger partial charge in [0.15, 0.2) is 17.5 Å². The molecule has 0 saturated heterocycles. The summed E-state index contributed by atoms with van der Waals surface area (Å²) < 4.78 is 45.2. The summed E-state index contributed by atoms with van der Waals surface area (Å²) in [5.41, 5.74) is -0.199. The lowest BCUT2D eigenvalue weighted by Crippen LogP contribution is -2.30. The molecule has 0 atom stereocenters. The molecule has 1 aromatic carbocycles. The number of furan rings is 2. The molecule has 4 nitrogen and oxygen atoms in total. The number of carbonyl (C=O) groups is 2. The molecule has 3 heterocycles. The summed E-state index contributed by atoms with van der Waals surface area (Å²) in [5.74, 6) is -5.60. The van der Waals surface area contributed by atoms with Crippen molar-refractivity contribution in [3.05, 3.63) is 52.8 Å². The van der Waals surface area contributed by atoms with Crippen LogP contribution < -0.4 is 4.90 Å². The van der Waals surface area contributed by atoms with E-state index in [2.05, 4.69) is 0 Å². The number of nitrogens with zero attached hydrogens (tertiary/aromatic N) is 1. The minimum absolute atomic E-state index is 0.0154. The fourth-order valence-corrected chi connectivity index (χ4v) is 2.50. The summed E-state index contributed by atoms with van der Waals surface area (Å²) in [5, 5.41) is 0. The standard InChI is InChI=1S/C14H4F3NO3/c15-5-3-7(17)8(4-6(5)16)18-13(19)11-9-1-2-10(21-9)12(11)14(18)20/h1-4H. The van der Waals surface area contributed by atoms with E-state index < -0.39 is 35.0 Å². The van der Waals surface area contributed by atoms with Crippen LogP contribution in [0.5, 0.6) is 0 Å². The lowest BCUT2D eigenvalue weighted by Gasteiger charge is -2.15. The second-order valence-electron chi connectivity index (χ2n) is 4.58. The predicted molar refractivity (Wildman–Crippen MR) is 64.9 cm³/mol. The van der Waals surface area contributed by atoms with Gasteiger partial charge < -0.3 is 4.42 Å². The maximum Gasteiger partial charge on any atom is 0.270 e. The van der Waals surface area contributed by atoms with E-state index in [0.717, 1.165) is 0 Å². The fourth-order valence-electron chi connectivity index (χ4n) is 2.50. The summed E-state index contributed by atoms with van der Waals surface area (Å²) in [6.07, 6.45) is 0. The highest BCUT2D eigenvalue weighted by Gasteiger charge is 2.43. The van der Waals surface area contributed by atoms with Gasteiger partial charge in [-0.15, -0.1) is 0 Å². The third kappa shape index (κ3) is 1.35. The number of halogens is 3. The van der Waals surface area contributed by atoms with Crippen molar-refractivity contribution in [3.63, 3.8) is 0 Å². The molecule has 0 fully saturated rings. The maximum atomic E-state index is 13.8. The van der Waals surface area contributed by atoms with E-state index >= 15 is 0 Å². The van der Waals surface area contributed by atoms with Crippen LogP contribution in [-0.4, -0.2) is 11.8 Å². The largest absolute Gasteiger partial charge is 0.456 e. The van der Waals surface area contributed by atoms with E-state index in [4.69, 9.17) is 4.42 Å². The Labute approximate surface area is 114 Å². The molecule has 0 unspecified atom stereocenters. The van der Waals surface area contributed by atoms with Crippen molar-refractivity contribution in [2.75, 3.05) is 4.90 Å². The minimum atomic E-state index is -1.40. The van der Waals surface area contributed by atoms with Crippen LogP contribution >= 0.6 is 0 Å². The normalized spacial score (nSPS) is 14.5. The average Bonchev–Trinajstić information content (AvgIpc) is 3.09. The molecule has 4 rings (SSSR count). The fraction of sp³-hybridized carbons (Fsp3) is 0. The number of hydrogen-bond donors (Lipinski definition) is 0. The van der Waals surface area contributed by atoms with Crippen molar-refractivity contribution in [2.24, 2.45) is 0 Å². The Hall–Kier alpha value is -2.83. The van der Waals surface area contributed by atoms with E-state index in [1.54, 1.807) is 0 Å². The first-order chi connectivity index (χ1) is 9.99. The first-order valence-corrected chi connectivity index (χ1v) is 5.87. The van der Waals surface area contributed by atoms with Gasteiger partial charge in [-0.2, -0.15) is 0 Å². The third-order valence-corrected chi connectivity index (χ3v) is 3.41. The van der Waals surface area contributed by atoms with Gasteiger partial charge >= 0.3 is 0 Å². The van der Waals surface area contributed by atoms with Gasteiger partial charge in [0.25, 0.3) is 11.8 Å². The van der Waals surface area contributed by atoms with Crippen molar-refractivity contribution >= 4 is 28.7 Å². The molecular formula is C14H4F3NO3. The van der Waals surface area contributed by atoms with Crippen LogP contribution in [0.1, 0.15) is 20.7 Å². The lowest BCUT2D eigenvalue weighted by molar-refractivity contribution is 0.0924. The van der Waals surface area contributed by atoms with Gasteiger partial charge in [-0.05, 0) is 12.1 Å². The molecule has 2 aromatic heterocycles. The van der Waals surface area contributed by atoms with Gasteiger partial charge in [0.1, 0.15) is 11.2 Å². The topological polar surface area (TPSA) is 50.5 Å². The molecule has 0 radical (unpaired) electrons. The van der Waals surface area contributed by atoms with Crippen LogP contribution in [0, 0.1) is 17.5 Å². The van der Waals surface area contributed by atoms with Crippen LogP contribution in [0.25, 0.3) is 11.2 Å². The van der Waals surface area contributed by atoms with Crippen molar-refractivity contribution in [1.29, 1.82) is 0 Å². The van der Waals surface area contributed by atoms with Crippen LogP contribution in [0.4, 0.5) is 18.9 Å². The number of imide groups is 1. The molecule has 0 aliphatic carbocycles. The number of hydrogen-bond acceptors (Lipinski definition) is 3. The molecule has 2 amide bonds. The smallest absolute Gasteiger partial charge is 0.270 e. The Morgan fingerprint density at radius 3 is 1.90 bits per heavy atom. The highest BCUT2D eigenvalue weighted by atomic mass is 19.2. The molecular weight excluding hydrogens is 287 g/mol. The molecule has 3 aromatic rings. The summed E-state index contributed by atoms with van der Waals surface area (Å²) in [4.78, 5) is 25.0. The zero-order chi connectivity index (χ0) is 14.9. The van der Waals surface area contributed by atoms with Gasteiger partial charge in [0.2, 0.25) is 0 Å². The zero-order valence-corrected chi connectivity index (χ0v) is 10.1. The SMILES string of the molecule is O=C1c2c(c3ccc2o3)C(=O)N1c1cc(F)c(F)cc1F. The quantitative estimate of drug-likeness (QED) is 0.511. The third-order valence-electron chi connectivity index (χ3n) is 3.41. The monoisotopic (exact) mass is 291 g/mol. The van der Waals surface area contributed by atoms with E-state index in [0.29, 0.717) is 11.0 Å². The number of carbonyl (C=O) groups excluding carboxylic acids is 2. The van der Waals surface area contributed by atoms with E-state index in [1.165, 1.54) is 12.1 Å². The predicted octanol–water partition coefficient (Wildman–Crippen LogP) is 3.09. The molecule has 104 valence electrons. The first-order valence-electron chi connectivity index (χ1n) is 5.87. The highest BCUT2D eigenvalue weighted by molar-refractivity contribution is 6.38. The Morgan fingerprint density at radius 2 is 1.33 bits per heavy atom. The van der Waals surface area contributed by atoms with Gasteiger partial charge in [0.05, 0.1) is 16.8 Å². The van der Waals surface area contributed by atoms with Crippen molar-refractivity contribution in [3.8, 4) is 0 Å². The summed E-state index contributed by atoms with van der Waals surface area (Å²) >= 11 is 0. The van der Waals surface area contributed by atoms with Gasteiger partial charge in [-0.3, -0.25) is 9.59 Å². The summed E-state index contributed by atoms with van der Waals surface area (Å²) in [6, 6.07) is 3.78. The number of rotatable bonds is 1. The molecule has 0 saturated carbocycles. The number of fused-ring (bicyclic) bond motifs is 5. The summed E-state index contributed by atoms with van der Waals surface area (Å²) in [6.45, 7) is 0. The van der Waals surface area contributed by atoms with E-state index in [-0.39, 0.29) is 28.4 Å². The molecule has 0 N–H and O–H groups in total. The second-order valence-corrected chi connectivity index (χ2v) is 4.58. The molecule has 2 bridgehead atoms. The van der Waals surface area contributed by atoms with Crippen LogP contribution in [0.3, 0.4) is 0 Å². The zero-order valence-electron chi connectivity index (χ0n) is 10.1. The molecule has 0 spiro atoms. The number of anilines is 1. The van der Waals surface area contributed by atoms with Crippen molar-refractivity contribution in [1.82, 2.24) is 0 Å². The summed E-state index contributed by atoms with van der Waals surface area (Å²) in [7, 11) is 0. The Morgan fingerprint density at radius 1 is 0.810 bits per heavy atom. The Kier molecular flexibility index (Phi) is 2.07. The van der Waals surface area contributed by atoms with Crippen LogP contribution in [-0.2, 0) is 0 Å². The number of amides is 2. The maximum absolute atomic E-state index is 13.8. The van der Waals surface area contributed by atoms with Gasteiger partial charge in [-0.1, -0.05) is 0 Å². The van der Waals surface area contributed by atoms with Crippen molar-refractivity contribution in [2.45, 2.75) is 0 Å². The van der Waals surface area contributed by atoms with Gasteiger partial charge in [0, 0.05) is 12.1 Å². The average molecular weight is 291 g/mol. The van der Waals surface area contributed by atoms with Gasteiger partial charge in [-0.25, -0.2) is 18.1 Å². The van der Waals surface area contributed by atoms with Crippen molar-refractivity contribution < 1.29 is 27.2 Å². The van der Waals surface area contributed by atoms with Crippen LogP contribution in [0.2, 0.25) is 0 Å². The molecule has 1 aliphatic rings. The molecule has 1 aliphatic heterocycles. The molecule has 21 heavy (non-hydrogen) atoms.